The summed E-state index contributed by atoms with van der Waals surface area (Å²) in [6, 6.07) is 10.6. The van der Waals surface area contributed by atoms with Gasteiger partial charge in [-0.2, -0.15) is 0 Å². The van der Waals surface area contributed by atoms with E-state index in [4.69, 9.17) is 9.47 Å². The molecule has 0 radical (unpaired) electrons. The molecule has 0 saturated carbocycles. The Hall–Kier alpha value is -2.97. The standard InChI is InChI=1S/C22H20N2O4S2/c1-4-28-21(26)18-13(2)23-22-24(19(18)14-7-9-15(27-3)10-8-14)20(25)17(30-22)12-16-6-5-11-29-16/h5-12,19H,4H2,1-3H3/b17-12+. The Bertz CT molecular complexity index is 1280. The molecule has 0 saturated heterocycles. The highest BCUT2D eigenvalue weighted by atomic mass is 32.1. The van der Waals surface area contributed by atoms with Crippen molar-refractivity contribution in [2.24, 2.45) is 4.99 Å². The maximum atomic E-state index is 13.4. The van der Waals surface area contributed by atoms with E-state index in [-0.39, 0.29) is 12.2 Å². The molecule has 30 heavy (non-hydrogen) atoms. The van der Waals surface area contributed by atoms with Crippen molar-refractivity contribution in [3.05, 3.63) is 83.2 Å². The Balaban J connectivity index is 1.95. The molecule has 0 spiro atoms. The number of benzene rings is 1. The zero-order chi connectivity index (χ0) is 21.3. The number of carbonyl (C=O) groups excluding carboxylic acids is 1. The number of methoxy groups -OCH3 is 1. The Kier molecular flexibility index (Phi) is 5.69. The predicted octanol–water partition coefficient (Wildman–Crippen LogP) is 2.87. The lowest BCUT2D eigenvalue weighted by molar-refractivity contribution is -0.139. The number of allylic oxidation sites excluding steroid dienone is 1. The number of hydrogen-bond donors (Lipinski definition) is 0. The van der Waals surface area contributed by atoms with Crippen LogP contribution in [-0.4, -0.2) is 24.3 Å². The van der Waals surface area contributed by atoms with Gasteiger partial charge in [-0.15, -0.1) is 11.3 Å². The minimum absolute atomic E-state index is 0.178. The van der Waals surface area contributed by atoms with Crippen molar-refractivity contribution >= 4 is 34.7 Å². The number of aromatic nitrogens is 1. The van der Waals surface area contributed by atoms with Crippen molar-refractivity contribution in [3.63, 3.8) is 0 Å². The molecule has 8 heteroatoms. The monoisotopic (exact) mass is 440 g/mol. The normalized spacial score (nSPS) is 16.2. The molecule has 0 bridgehead atoms. The van der Waals surface area contributed by atoms with E-state index >= 15 is 0 Å². The summed E-state index contributed by atoms with van der Waals surface area (Å²) in [5.41, 5.74) is 1.54. The summed E-state index contributed by atoms with van der Waals surface area (Å²) in [5.74, 6) is 0.231. The Morgan fingerprint density at radius 2 is 2.03 bits per heavy atom. The zero-order valence-electron chi connectivity index (χ0n) is 16.7. The number of fused-ring (bicyclic) bond motifs is 1. The Labute approximate surface area is 181 Å². The second kappa shape index (κ2) is 8.41. The molecular weight excluding hydrogens is 420 g/mol. The van der Waals surface area contributed by atoms with Crippen LogP contribution in [0.2, 0.25) is 0 Å². The fraction of sp³-hybridized carbons (Fsp3) is 0.227. The fourth-order valence-electron chi connectivity index (χ4n) is 3.40. The maximum absolute atomic E-state index is 13.4. The van der Waals surface area contributed by atoms with Crippen molar-refractivity contribution in [1.29, 1.82) is 0 Å². The molecule has 0 fully saturated rings. The SMILES string of the molecule is CCOC(=O)C1=C(C)N=c2s/c(=C/c3cccs3)c(=O)n2C1c1ccc(OC)cc1. The van der Waals surface area contributed by atoms with Gasteiger partial charge in [-0.05, 0) is 49.1 Å². The molecule has 6 nitrogen and oxygen atoms in total. The van der Waals surface area contributed by atoms with Crippen LogP contribution in [0.1, 0.15) is 30.3 Å². The molecule has 1 aliphatic rings. The molecule has 1 atom stereocenters. The molecule has 0 N–H and O–H groups in total. The van der Waals surface area contributed by atoms with E-state index in [9.17, 15) is 9.59 Å². The summed E-state index contributed by atoms with van der Waals surface area (Å²) in [6.45, 7) is 3.78. The minimum atomic E-state index is -0.614. The van der Waals surface area contributed by atoms with Crippen LogP contribution in [0.15, 0.2) is 62.8 Å². The first-order chi connectivity index (χ1) is 14.5. The van der Waals surface area contributed by atoms with Crippen molar-refractivity contribution in [2.45, 2.75) is 19.9 Å². The second-order valence-corrected chi connectivity index (χ2v) is 8.58. The average Bonchev–Trinajstić information content (AvgIpc) is 3.36. The number of nitrogens with zero attached hydrogens (tertiary/aromatic N) is 2. The van der Waals surface area contributed by atoms with E-state index in [0.29, 0.717) is 26.4 Å². The third-order valence-corrected chi connectivity index (χ3v) is 6.57. The molecule has 0 aliphatic carbocycles. The fourth-order valence-corrected chi connectivity index (χ4v) is 5.17. The molecular formula is C22H20N2O4S2. The highest BCUT2D eigenvalue weighted by Crippen LogP contribution is 2.31. The summed E-state index contributed by atoms with van der Waals surface area (Å²) in [5, 5.41) is 1.96. The van der Waals surface area contributed by atoms with Crippen molar-refractivity contribution < 1.29 is 14.3 Å². The first kappa shape index (κ1) is 20.3. The molecule has 0 amide bonds. The largest absolute Gasteiger partial charge is 0.497 e. The summed E-state index contributed by atoms with van der Waals surface area (Å²) < 4.78 is 12.7. The van der Waals surface area contributed by atoms with Gasteiger partial charge in [-0.25, -0.2) is 9.79 Å². The van der Waals surface area contributed by atoms with Crippen molar-refractivity contribution in [2.75, 3.05) is 13.7 Å². The Morgan fingerprint density at radius 3 is 2.67 bits per heavy atom. The number of esters is 1. The van der Waals surface area contributed by atoms with Gasteiger partial charge in [-0.1, -0.05) is 29.5 Å². The van der Waals surface area contributed by atoms with E-state index in [1.165, 1.54) is 11.3 Å². The summed E-state index contributed by atoms with van der Waals surface area (Å²) in [6.07, 6.45) is 1.86. The third-order valence-electron chi connectivity index (χ3n) is 4.77. The number of rotatable bonds is 5. The molecule has 3 heterocycles. The van der Waals surface area contributed by atoms with Crippen LogP contribution >= 0.6 is 22.7 Å². The molecule has 4 rings (SSSR count). The van der Waals surface area contributed by atoms with Gasteiger partial charge in [0.25, 0.3) is 5.56 Å². The van der Waals surface area contributed by atoms with Crippen molar-refractivity contribution in [3.8, 4) is 5.75 Å². The molecule has 1 aliphatic heterocycles. The van der Waals surface area contributed by atoms with E-state index in [2.05, 4.69) is 4.99 Å². The highest BCUT2D eigenvalue weighted by Gasteiger charge is 2.33. The highest BCUT2D eigenvalue weighted by molar-refractivity contribution is 7.11. The lowest BCUT2D eigenvalue weighted by Gasteiger charge is -2.24. The molecule has 1 unspecified atom stereocenters. The molecule has 1 aromatic carbocycles. The van der Waals surface area contributed by atoms with Crippen LogP contribution in [0.4, 0.5) is 0 Å². The lowest BCUT2D eigenvalue weighted by atomic mass is 9.96. The van der Waals surface area contributed by atoms with Gasteiger partial charge in [-0.3, -0.25) is 9.36 Å². The second-order valence-electron chi connectivity index (χ2n) is 6.59. The van der Waals surface area contributed by atoms with Crippen LogP contribution in [0.25, 0.3) is 6.08 Å². The summed E-state index contributed by atoms with van der Waals surface area (Å²) in [7, 11) is 1.59. The smallest absolute Gasteiger partial charge is 0.338 e. The van der Waals surface area contributed by atoms with Gasteiger partial charge in [0.2, 0.25) is 0 Å². The summed E-state index contributed by atoms with van der Waals surface area (Å²) in [4.78, 5) is 32.3. The average molecular weight is 441 g/mol. The maximum Gasteiger partial charge on any atom is 0.338 e. The summed E-state index contributed by atoms with van der Waals surface area (Å²) >= 11 is 2.88. The third kappa shape index (κ3) is 3.64. The number of thiophene rings is 1. The molecule has 3 aromatic rings. The minimum Gasteiger partial charge on any atom is -0.497 e. The number of thiazole rings is 1. The molecule has 154 valence electrons. The number of carbonyl (C=O) groups is 1. The van der Waals surface area contributed by atoms with E-state index in [1.54, 1.807) is 36.9 Å². The van der Waals surface area contributed by atoms with Crippen LogP contribution in [0, 0.1) is 0 Å². The van der Waals surface area contributed by atoms with Gasteiger partial charge in [0.1, 0.15) is 5.75 Å². The Morgan fingerprint density at radius 1 is 1.27 bits per heavy atom. The van der Waals surface area contributed by atoms with Gasteiger partial charge in [0.15, 0.2) is 4.80 Å². The van der Waals surface area contributed by atoms with E-state index in [0.717, 1.165) is 10.4 Å². The first-order valence-corrected chi connectivity index (χ1v) is 11.1. The van der Waals surface area contributed by atoms with Crippen LogP contribution < -0.4 is 19.6 Å². The molecule has 2 aromatic heterocycles. The topological polar surface area (TPSA) is 69.9 Å². The van der Waals surface area contributed by atoms with Crippen LogP contribution in [0.5, 0.6) is 5.75 Å². The van der Waals surface area contributed by atoms with Crippen LogP contribution in [-0.2, 0) is 9.53 Å². The van der Waals surface area contributed by atoms with Gasteiger partial charge in [0, 0.05) is 4.88 Å². The van der Waals surface area contributed by atoms with E-state index in [1.807, 2.05) is 47.9 Å². The number of hydrogen-bond acceptors (Lipinski definition) is 7. The predicted molar refractivity (Wildman–Crippen MR) is 118 cm³/mol. The number of ether oxygens (including phenoxy) is 2. The van der Waals surface area contributed by atoms with Gasteiger partial charge >= 0.3 is 5.97 Å². The van der Waals surface area contributed by atoms with Crippen LogP contribution in [0.3, 0.4) is 0 Å². The zero-order valence-corrected chi connectivity index (χ0v) is 18.4. The quantitative estimate of drug-likeness (QED) is 0.572. The van der Waals surface area contributed by atoms with Crippen molar-refractivity contribution in [1.82, 2.24) is 4.57 Å². The van der Waals surface area contributed by atoms with E-state index < -0.39 is 12.0 Å². The lowest BCUT2D eigenvalue weighted by Crippen LogP contribution is -2.39. The van der Waals surface area contributed by atoms with Gasteiger partial charge in [0.05, 0.1) is 35.6 Å². The van der Waals surface area contributed by atoms with Gasteiger partial charge < -0.3 is 9.47 Å². The first-order valence-electron chi connectivity index (χ1n) is 9.40.